The fourth-order valence-corrected chi connectivity index (χ4v) is 4.29. The monoisotopic (exact) mass is 472 g/mol. The number of H-pyrrole nitrogens is 1. The van der Waals surface area contributed by atoms with E-state index in [9.17, 15) is 9.59 Å². The Kier molecular flexibility index (Phi) is 6.36. The number of halogens is 2. The van der Waals surface area contributed by atoms with E-state index in [0.717, 1.165) is 10.6 Å². The number of thiazole rings is 1. The number of hydrogen-bond acceptors (Lipinski definition) is 5. The van der Waals surface area contributed by atoms with Gasteiger partial charge in [0.2, 0.25) is 5.91 Å². The first kappa shape index (κ1) is 21.5. The molecule has 2 heterocycles. The summed E-state index contributed by atoms with van der Waals surface area (Å²) in [6, 6.07) is 12.4. The zero-order valence-corrected chi connectivity index (χ0v) is 18.9. The van der Waals surface area contributed by atoms with Gasteiger partial charge in [0.05, 0.1) is 29.6 Å². The number of aromatic amines is 1. The van der Waals surface area contributed by atoms with E-state index in [2.05, 4.69) is 15.0 Å². The van der Waals surface area contributed by atoms with Crippen molar-refractivity contribution in [1.29, 1.82) is 0 Å². The van der Waals surface area contributed by atoms with E-state index in [4.69, 9.17) is 23.2 Å². The van der Waals surface area contributed by atoms with Gasteiger partial charge in [0.15, 0.2) is 0 Å². The van der Waals surface area contributed by atoms with E-state index < -0.39 is 0 Å². The Morgan fingerprint density at radius 3 is 2.58 bits per heavy atom. The lowest BCUT2D eigenvalue weighted by molar-refractivity contribution is -0.131. The van der Waals surface area contributed by atoms with Gasteiger partial charge in [-0.05, 0) is 37.3 Å². The van der Waals surface area contributed by atoms with E-state index in [1.807, 2.05) is 36.6 Å². The second-order valence-corrected chi connectivity index (χ2v) is 8.64. The topological polar surface area (TPSA) is 79.0 Å². The minimum Gasteiger partial charge on any atom is -0.335 e. The fourth-order valence-electron chi connectivity index (χ4n) is 3.17. The van der Waals surface area contributed by atoms with E-state index in [1.165, 1.54) is 11.3 Å². The summed E-state index contributed by atoms with van der Waals surface area (Å²) in [5, 5.41) is 4.34. The summed E-state index contributed by atoms with van der Waals surface area (Å²) in [5.41, 5.74) is 1.90. The van der Waals surface area contributed by atoms with Gasteiger partial charge in [0.1, 0.15) is 10.8 Å². The standard InChI is InChI=1S/C22H18Cl2N4O2S/c1-2-28(11-19-26-18-9-15(24)7-8-17(18)21(30)27-19)20(29)10-16-12-31-22(25-16)13-3-5-14(23)6-4-13/h3-9,12H,2,10-11H2,1H3,(H,26,27,30). The van der Waals surface area contributed by atoms with Gasteiger partial charge in [-0.2, -0.15) is 0 Å². The van der Waals surface area contributed by atoms with Gasteiger partial charge < -0.3 is 9.88 Å². The van der Waals surface area contributed by atoms with Crippen LogP contribution in [0.2, 0.25) is 10.0 Å². The fraction of sp³-hybridized carbons (Fsp3) is 0.182. The molecule has 0 atom stereocenters. The number of carbonyl (C=O) groups is 1. The van der Waals surface area contributed by atoms with E-state index >= 15 is 0 Å². The Labute approximate surface area is 192 Å². The molecule has 2 aromatic carbocycles. The molecule has 4 rings (SSSR count). The first-order valence-electron chi connectivity index (χ1n) is 9.59. The van der Waals surface area contributed by atoms with Crippen LogP contribution in [0.25, 0.3) is 21.5 Å². The highest BCUT2D eigenvalue weighted by Gasteiger charge is 2.17. The molecule has 0 saturated heterocycles. The van der Waals surface area contributed by atoms with Crippen LogP contribution in [-0.2, 0) is 17.8 Å². The van der Waals surface area contributed by atoms with Crippen molar-refractivity contribution in [2.45, 2.75) is 19.9 Å². The van der Waals surface area contributed by atoms with Crippen LogP contribution in [0.3, 0.4) is 0 Å². The maximum absolute atomic E-state index is 12.9. The van der Waals surface area contributed by atoms with Crippen molar-refractivity contribution in [1.82, 2.24) is 19.9 Å². The third-order valence-electron chi connectivity index (χ3n) is 4.77. The molecule has 0 fully saturated rings. The minimum absolute atomic E-state index is 0.0932. The van der Waals surface area contributed by atoms with Crippen LogP contribution in [-0.4, -0.2) is 32.3 Å². The van der Waals surface area contributed by atoms with Crippen LogP contribution >= 0.6 is 34.5 Å². The molecule has 1 amide bonds. The Bertz CT molecular complexity index is 1300. The molecule has 6 nitrogen and oxygen atoms in total. The van der Waals surface area contributed by atoms with Crippen molar-refractivity contribution in [2.24, 2.45) is 0 Å². The number of nitrogens with zero attached hydrogens (tertiary/aromatic N) is 3. The van der Waals surface area contributed by atoms with Gasteiger partial charge in [-0.1, -0.05) is 35.3 Å². The van der Waals surface area contributed by atoms with Crippen LogP contribution in [0.1, 0.15) is 18.4 Å². The van der Waals surface area contributed by atoms with E-state index in [0.29, 0.717) is 39.0 Å². The summed E-state index contributed by atoms with van der Waals surface area (Å²) in [7, 11) is 0. The maximum atomic E-state index is 12.9. The lowest BCUT2D eigenvalue weighted by Crippen LogP contribution is -2.33. The van der Waals surface area contributed by atoms with Gasteiger partial charge in [0, 0.05) is 27.5 Å². The van der Waals surface area contributed by atoms with Crippen molar-refractivity contribution in [3.8, 4) is 10.6 Å². The zero-order valence-electron chi connectivity index (χ0n) is 16.6. The first-order chi connectivity index (χ1) is 14.9. The molecule has 0 bridgehead atoms. The molecule has 0 aliphatic carbocycles. The third-order valence-corrected chi connectivity index (χ3v) is 6.20. The van der Waals surface area contributed by atoms with Crippen LogP contribution in [0.15, 0.2) is 52.6 Å². The van der Waals surface area contributed by atoms with Gasteiger partial charge in [-0.15, -0.1) is 11.3 Å². The average Bonchev–Trinajstić information content (AvgIpc) is 3.20. The molecule has 0 radical (unpaired) electrons. The molecule has 31 heavy (non-hydrogen) atoms. The number of aromatic nitrogens is 3. The highest BCUT2D eigenvalue weighted by Crippen LogP contribution is 2.25. The average molecular weight is 473 g/mol. The van der Waals surface area contributed by atoms with Crippen molar-refractivity contribution in [2.75, 3.05) is 6.54 Å². The zero-order chi connectivity index (χ0) is 22.0. The van der Waals surface area contributed by atoms with E-state index in [1.54, 1.807) is 23.1 Å². The molecule has 0 spiro atoms. The second kappa shape index (κ2) is 9.18. The summed E-state index contributed by atoms with van der Waals surface area (Å²) in [6.07, 6.45) is 0.168. The summed E-state index contributed by atoms with van der Waals surface area (Å²) in [6.45, 7) is 2.56. The predicted octanol–water partition coefficient (Wildman–Crippen LogP) is 4.94. The highest BCUT2D eigenvalue weighted by atomic mass is 35.5. The number of nitrogens with one attached hydrogen (secondary N) is 1. The van der Waals surface area contributed by atoms with Crippen LogP contribution in [0.5, 0.6) is 0 Å². The number of amides is 1. The number of carbonyl (C=O) groups excluding carboxylic acids is 1. The van der Waals surface area contributed by atoms with Gasteiger partial charge >= 0.3 is 0 Å². The molecule has 0 saturated carbocycles. The normalized spacial score (nSPS) is 11.1. The second-order valence-electron chi connectivity index (χ2n) is 6.91. The Hall–Kier alpha value is -2.74. The molecular weight excluding hydrogens is 455 g/mol. The molecular formula is C22H18Cl2N4O2S. The predicted molar refractivity (Wildman–Crippen MR) is 125 cm³/mol. The summed E-state index contributed by atoms with van der Waals surface area (Å²) in [4.78, 5) is 38.6. The smallest absolute Gasteiger partial charge is 0.258 e. The summed E-state index contributed by atoms with van der Waals surface area (Å²) in [5.74, 6) is 0.319. The quantitative estimate of drug-likeness (QED) is 0.430. The molecule has 158 valence electrons. The number of benzene rings is 2. The van der Waals surface area contributed by atoms with Crippen molar-refractivity contribution >= 4 is 51.3 Å². The molecule has 4 aromatic rings. The van der Waals surface area contributed by atoms with Crippen LogP contribution in [0.4, 0.5) is 0 Å². The largest absolute Gasteiger partial charge is 0.335 e. The lowest BCUT2D eigenvalue weighted by Gasteiger charge is -2.20. The van der Waals surface area contributed by atoms with Gasteiger partial charge in [0.25, 0.3) is 5.56 Å². The van der Waals surface area contributed by atoms with Gasteiger partial charge in [-0.3, -0.25) is 9.59 Å². The number of hydrogen-bond donors (Lipinski definition) is 1. The van der Waals surface area contributed by atoms with Gasteiger partial charge in [-0.25, -0.2) is 9.97 Å². The molecule has 1 N–H and O–H groups in total. The van der Waals surface area contributed by atoms with Crippen LogP contribution < -0.4 is 5.56 Å². The van der Waals surface area contributed by atoms with Crippen LogP contribution in [0, 0.1) is 0 Å². The molecule has 9 heteroatoms. The van der Waals surface area contributed by atoms with Crippen molar-refractivity contribution in [3.05, 3.63) is 79.8 Å². The lowest BCUT2D eigenvalue weighted by atomic mass is 10.2. The molecule has 0 aliphatic rings. The number of rotatable bonds is 6. The molecule has 2 aromatic heterocycles. The SMILES string of the molecule is CCN(Cc1nc2cc(Cl)ccc2c(=O)[nH]1)C(=O)Cc1csc(-c2ccc(Cl)cc2)n1. The van der Waals surface area contributed by atoms with E-state index in [-0.39, 0.29) is 24.4 Å². The summed E-state index contributed by atoms with van der Waals surface area (Å²) >= 11 is 13.4. The Morgan fingerprint density at radius 2 is 1.84 bits per heavy atom. The third kappa shape index (κ3) is 4.95. The van der Waals surface area contributed by atoms with Crippen molar-refractivity contribution in [3.63, 3.8) is 0 Å². The molecule has 0 unspecified atom stereocenters. The Balaban J connectivity index is 1.49. The first-order valence-corrected chi connectivity index (χ1v) is 11.2. The van der Waals surface area contributed by atoms with Crippen molar-refractivity contribution < 1.29 is 4.79 Å². The number of likely N-dealkylation sites (N-methyl/N-ethyl adjacent to an activating group) is 1. The molecule has 0 aliphatic heterocycles. The maximum Gasteiger partial charge on any atom is 0.258 e. The Morgan fingerprint density at radius 1 is 1.10 bits per heavy atom. The minimum atomic E-state index is -0.257. The highest BCUT2D eigenvalue weighted by molar-refractivity contribution is 7.13. The number of fused-ring (bicyclic) bond motifs is 1. The summed E-state index contributed by atoms with van der Waals surface area (Å²) < 4.78 is 0.